The lowest BCUT2D eigenvalue weighted by Gasteiger charge is -2.26. The van der Waals surface area contributed by atoms with Gasteiger partial charge in [0, 0.05) is 30.4 Å². The second-order valence-electron chi connectivity index (χ2n) is 6.12. The first-order chi connectivity index (χ1) is 13.5. The molecule has 3 rings (SSSR count). The number of nitrogens with one attached hydrogen (secondary N) is 1. The van der Waals surface area contributed by atoms with Crippen LogP contribution in [-0.4, -0.2) is 51.5 Å². The molecule has 0 aliphatic carbocycles. The minimum Gasteiger partial charge on any atom is -0.489 e. The van der Waals surface area contributed by atoms with Crippen molar-refractivity contribution in [1.29, 1.82) is 0 Å². The van der Waals surface area contributed by atoms with Gasteiger partial charge < -0.3 is 14.8 Å². The summed E-state index contributed by atoms with van der Waals surface area (Å²) in [5, 5.41) is 2.78. The van der Waals surface area contributed by atoms with Gasteiger partial charge in [0.1, 0.15) is 12.4 Å². The van der Waals surface area contributed by atoms with Gasteiger partial charge in [0.15, 0.2) is 0 Å². The highest BCUT2D eigenvalue weighted by Gasteiger charge is 2.26. The van der Waals surface area contributed by atoms with Gasteiger partial charge in [-0.25, -0.2) is 8.42 Å². The van der Waals surface area contributed by atoms with E-state index in [-0.39, 0.29) is 10.8 Å². The van der Waals surface area contributed by atoms with E-state index in [2.05, 4.69) is 11.9 Å². The molecule has 0 saturated carbocycles. The molecule has 8 heteroatoms. The van der Waals surface area contributed by atoms with Crippen LogP contribution in [0.15, 0.2) is 66.1 Å². The fraction of sp³-hybridized carbons (Fsp3) is 0.250. The van der Waals surface area contributed by atoms with E-state index in [1.807, 2.05) is 0 Å². The molecule has 2 aromatic carbocycles. The van der Waals surface area contributed by atoms with E-state index < -0.39 is 10.0 Å². The van der Waals surface area contributed by atoms with Crippen LogP contribution in [0.5, 0.6) is 5.75 Å². The van der Waals surface area contributed by atoms with Crippen LogP contribution in [0.3, 0.4) is 0 Å². The molecule has 1 aliphatic rings. The molecule has 0 atom stereocenters. The number of carbonyl (C=O) groups is 1. The minimum atomic E-state index is -3.58. The number of benzene rings is 2. The first kappa shape index (κ1) is 20.1. The quantitative estimate of drug-likeness (QED) is 0.720. The molecule has 1 N–H and O–H groups in total. The molecule has 1 saturated heterocycles. The van der Waals surface area contributed by atoms with Crippen molar-refractivity contribution in [2.45, 2.75) is 4.90 Å². The van der Waals surface area contributed by atoms with Gasteiger partial charge in [-0.2, -0.15) is 4.31 Å². The first-order valence-corrected chi connectivity index (χ1v) is 10.3. The Morgan fingerprint density at radius 3 is 2.57 bits per heavy atom. The molecule has 0 bridgehead atoms. The molecule has 1 fully saturated rings. The lowest BCUT2D eigenvalue weighted by Crippen LogP contribution is -2.40. The Bertz CT molecular complexity index is 935. The average molecular weight is 402 g/mol. The summed E-state index contributed by atoms with van der Waals surface area (Å²) < 4.78 is 37.3. The van der Waals surface area contributed by atoms with Crippen LogP contribution in [0.4, 0.5) is 5.69 Å². The Kier molecular flexibility index (Phi) is 6.45. The lowest BCUT2D eigenvalue weighted by atomic mass is 10.2. The van der Waals surface area contributed by atoms with Gasteiger partial charge in [-0.15, -0.1) is 0 Å². The maximum Gasteiger partial charge on any atom is 0.255 e. The number of anilines is 1. The number of ether oxygens (including phenoxy) is 2. The number of hydrogen-bond acceptors (Lipinski definition) is 5. The average Bonchev–Trinajstić information content (AvgIpc) is 2.73. The van der Waals surface area contributed by atoms with Gasteiger partial charge in [-0.3, -0.25) is 4.79 Å². The summed E-state index contributed by atoms with van der Waals surface area (Å²) in [6, 6.07) is 12.9. The van der Waals surface area contributed by atoms with E-state index in [0.717, 1.165) is 0 Å². The number of nitrogens with zero attached hydrogens (tertiary/aromatic N) is 1. The second-order valence-corrected chi connectivity index (χ2v) is 8.06. The zero-order valence-corrected chi connectivity index (χ0v) is 16.2. The third-order valence-electron chi connectivity index (χ3n) is 4.18. The molecule has 28 heavy (non-hydrogen) atoms. The summed E-state index contributed by atoms with van der Waals surface area (Å²) in [6.45, 7) is 5.39. The fourth-order valence-corrected chi connectivity index (χ4v) is 4.14. The number of amides is 1. The van der Waals surface area contributed by atoms with Crippen LogP contribution in [0, 0.1) is 0 Å². The largest absolute Gasteiger partial charge is 0.489 e. The van der Waals surface area contributed by atoms with Crippen molar-refractivity contribution in [1.82, 2.24) is 4.31 Å². The normalized spacial score (nSPS) is 15.0. The molecule has 0 radical (unpaired) electrons. The van der Waals surface area contributed by atoms with Crippen LogP contribution in [0.1, 0.15) is 10.4 Å². The Morgan fingerprint density at radius 1 is 1.18 bits per heavy atom. The Hall–Kier alpha value is -2.68. The van der Waals surface area contributed by atoms with Crippen molar-refractivity contribution in [3.63, 3.8) is 0 Å². The van der Waals surface area contributed by atoms with E-state index in [4.69, 9.17) is 9.47 Å². The molecule has 2 aromatic rings. The predicted molar refractivity (Wildman–Crippen MR) is 106 cm³/mol. The molecule has 1 amide bonds. The van der Waals surface area contributed by atoms with Crippen LogP contribution >= 0.6 is 0 Å². The molecule has 0 unspecified atom stereocenters. The second kappa shape index (κ2) is 9.01. The number of rotatable bonds is 7. The van der Waals surface area contributed by atoms with E-state index in [1.165, 1.54) is 28.6 Å². The van der Waals surface area contributed by atoms with Crippen molar-refractivity contribution in [2.75, 3.05) is 38.2 Å². The van der Waals surface area contributed by atoms with Crippen molar-refractivity contribution in [3.8, 4) is 5.75 Å². The topological polar surface area (TPSA) is 84.9 Å². The van der Waals surface area contributed by atoms with Crippen molar-refractivity contribution < 1.29 is 22.7 Å². The zero-order valence-electron chi connectivity index (χ0n) is 15.3. The molecule has 1 heterocycles. The third kappa shape index (κ3) is 4.78. The van der Waals surface area contributed by atoms with Gasteiger partial charge >= 0.3 is 0 Å². The van der Waals surface area contributed by atoms with E-state index in [9.17, 15) is 13.2 Å². The van der Waals surface area contributed by atoms with Crippen LogP contribution in [0.2, 0.25) is 0 Å². The monoisotopic (exact) mass is 402 g/mol. The summed E-state index contributed by atoms with van der Waals surface area (Å²) in [5.74, 6) is 0.279. The molecular weight excluding hydrogens is 380 g/mol. The van der Waals surface area contributed by atoms with E-state index in [1.54, 1.807) is 30.3 Å². The SMILES string of the molecule is C=CCOc1cccc(NC(=O)c2ccc(S(=O)(=O)N3CCOCC3)cc2)c1. The maximum absolute atomic E-state index is 12.6. The highest BCUT2D eigenvalue weighted by Crippen LogP contribution is 2.20. The predicted octanol–water partition coefficient (Wildman–Crippen LogP) is 2.52. The summed E-state index contributed by atoms with van der Waals surface area (Å²) in [5.41, 5.74) is 0.940. The molecular formula is C20H22N2O5S. The van der Waals surface area contributed by atoms with Crippen molar-refractivity contribution >= 4 is 21.6 Å². The molecule has 148 valence electrons. The molecule has 7 nitrogen and oxygen atoms in total. The van der Waals surface area contributed by atoms with E-state index in [0.29, 0.717) is 49.9 Å². The van der Waals surface area contributed by atoms with Gasteiger partial charge in [0.25, 0.3) is 5.91 Å². The molecule has 1 aliphatic heterocycles. The van der Waals surface area contributed by atoms with Gasteiger partial charge in [-0.1, -0.05) is 18.7 Å². The maximum atomic E-state index is 12.6. The number of sulfonamides is 1. The minimum absolute atomic E-state index is 0.158. The zero-order chi connectivity index (χ0) is 20.0. The number of morpholine rings is 1. The van der Waals surface area contributed by atoms with Crippen molar-refractivity contribution in [3.05, 3.63) is 66.7 Å². The van der Waals surface area contributed by atoms with Gasteiger partial charge in [0.2, 0.25) is 10.0 Å². The fourth-order valence-electron chi connectivity index (χ4n) is 2.74. The van der Waals surface area contributed by atoms with Gasteiger partial charge in [0.05, 0.1) is 18.1 Å². The third-order valence-corrected chi connectivity index (χ3v) is 6.10. The summed E-state index contributed by atoms with van der Waals surface area (Å²) in [4.78, 5) is 12.6. The first-order valence-electron chi connectivity index (χ1n) is 8.84. The molecule has 0 aromatic heterocycles. The Labute approximate surface area is 164 Å². The highest BCUT2D eigenvalue weighted by atomic mass is 32.2. The van der Waals surface area contributed by atoms with Crippen LogP contribution in [0.25, 0.3) is 0 Å². The summed E-state index contributed by atoms with van der Waals surface area (Å²) in [7, 11) is -3.58. The summed E-state index contributed by atoms with van der Waals surface area (Å²) in [6.07, 6.45) is 1.64. The Morgan fingerprint density at radius 2 is 1.89 bits per heavy atom. The van der Waals surface area contributed by atoms with E-state index >= 15 is 0 Å². The van der Waals surface area contributed by atoms with Crippen LogP contribution in [-0.2, 0) is 14.8 Å². The smallest absolute Gasteiger partial charge is 0.255 e. The standard InChI is InChI=1S/C20H22N2O5S/c1-2-12-27-18-5-3-4-17(15-18)21-20(23)16-6-8-19(9-7-16)28(24,25)22-10-13-26-14-11-22/h2-9,15H,1,10-14H2,(H,21,23). The highest BCUT2D eigenvalue weighted by molar-refractivity contribution is 7.89. The van der Waals surface area contributed by atoms with Crippen molar-refractivity contribution in [2.24, 2.45) is 0 Å². The molecule has 0 spiro atoms. The summed E-state index contributed by atoms with van der Waals surface area (Å²) >= 11 is 0. The van der Waals surface area contributed by atoms with Gasteiger partial charge in [-0.05, 0) is 36.4 Å². The lowest BCUT2D eigenvalue weighted by molar-refractivity contribution is 0.0730. The Balaban J connectivity index is 1.69. The number of carbonyl (C=O) groups excluding carboxylic acids is 1. The van der Waals surface area contributed by atoms with Crippen LogP contribution < -0.4 is 10.1 Å². The number of hydrogen-bond donors (Lipinski definition) is 1.